The van der Waals surface area contributed by atoms with Crippen molar-refractivity contribution in [2.45, 2.75) is 6.54 Å². The van der Waals surface area contributed by atoms with Gasteiger partial charge in [0, 0.05) is 12.6 Å². The zero-order valence-corrected chi connectivity index (χ0v) is 12.5. The SMILES string of the molecule is O=C(NCCn1nc(-c2cccs2)oc1=O)c1ccc(=O)[nH]n1. The van der Waals surface area contributed by atoms with E-state index in [1.807, 2.05) is 11.4 Å². The molecule has 0 aliphatic carbocycles. The van der Waals surface area contributed by atoms with E-state index < -0.39 is 17.2 Å². The number of carbonyl (C=O) groups excluding carboxylic acids is 1. The Bertz CT molecular complexity index is 904. The number of rotatable bonds is 5. The van der Waals surface area contributed by atoms with Crippen molar-refractivity contribution in [1.29, 1.82) is 0 Å². The second-order valence-corrected chi connectivity index (χ2v) is 5.38. The highest BCUT2D eigenvalue weighted by Crippen LogP contribution is 2.20. The first-order valence-corrected chi connectivity index (χ1v) is 7.47. The van der Waals surface area contributed by atoms with Gasteiger partial charge in [-0.2, -0.15) is 9.78 Å². The summed E-state index contributed by atoms with van der Waals surface area (Å²) in [5, 5.41) is 14.3. The van der Waals surface area contributed by atoms with E-state index in [4.69, 9.17) is 4.42 Å². The zero-order chi connectivity index (χ0) is 16.2. The molecule has 2 N–H and O–H groups in total. The lowest BCUT2D eigenvalue weighted by atomic mass is 10.3. The highest BCUT2D eigenvalue weighted by Gasteiger charge is 2.12. The molecule has 0 saturated heterocycles. The monoisotopic (exact) mass is 333 g/mol. The van der Waals surface area contributed by atoms with Crippen molar-refractivity contribution in [2.24, 2.45) is 0 Å². The molecule has 9 nitrogen and oxygen atoms in total. The lowest BCUT2D eigenvalue weighted by Crippen LogP contribution is -2.31. The van der Waals surface area contributed by atoms with Crippen molar-refractivity contribution >= 4 is 17.2 Å². The summed E-state index contributed by atoms with van der Waals surface area (Å²) in [6.07, 6.45) is 0. The fourth-order valence-electron chi connectivity index (χ4n) is 1.78. The van der Waals surface area contributed by atoms with Crippen LogP contribution in [0.25, 0.3) is 10.8 Å². The number of nitrogens with zero attached hydrogens (tertiary/aromatic N) is 3. The summed E-state index contributed by atoms with van der Waals surface area (Å²) < 4.78 is 6.19. The third-order valence-corrected chi connectivity index (χ3v) is 3.72. The number of hydrogen-bond donors (Lipinski definition) is 2. The minimum Gasteiger partial charge on any atom is -0.387 e. The number of nitrogens with one attached hydrogen (secondary N) is 2. The first kappa shape index (κ1) is 14.9. The standard InChI is InChI=1S/C13H11N5O4S/c19-10-4-3-8(15-16-10)11(20)14-5-6-18-13(21)22-12(17-18)9-2-1-7-23-9/h1-4,7H,5-6H2,(H,14,20)(H,16,19). The van der Waals surface area contributed by atoms with Crippen LogP contribution >= 0.6 is 11.3 Å². The van der Waals surface area contributed by atoms with Crippen molar-refractivity contribution in [3.05, 3.63) is 56.2 Å². The van der Waals surface area contributed by atoms with Crippen molar-refractivity contribution in [2.75, 3.05) is 6.54 Å². The largest absolute Gasteiger partial charge is 0.437 e. The van der Waals surface area contributed by atoms with Crippen LogP contribution in [-0.4, -0.2) is 32.4 Å². The number of aromatic nitrogens is 4. The lowest BCUT2D eigenvalue weighted by Gasteiger charge is -2.02. The molecule has 3 heterocycles. The Morgan fingerprint density at radius 3 is 2.91 bits per heavy atom. The molecule has 0 aliphatic rings. The molecule has 3 aromatic heterocycles. The first-order chi connectivity index (χ1) is 11.1. The van der Waals surface area contributed by atoms with E-state index in [0.717, 1.165) is 9.56 Å². The molecule has 0 radical (unpaired) electrons. The van der Waals surface area contributed by atoms with Gasteiger partial charge in [0.1, 0.15) is 5.69 Å². The molecule has 118 valence electrons. The topological polar surface area (TPSA) is 123 Å². The van der Waals surface area contributed by atoms with E-state index >= 15 is 0 Å². The summed E-state index contributed by atoms with van der Waals surface area (Å²) in [6, 6.07) is 6.14. The van der Waals surface area contributed by atoms with Crippen molar-refractivity contribution in [3.63, 3.8) is 0 Å². The van der Waals surface area contributed by atoms with Crippen molar-refractivity contribution < 1.29 is 9.21 Å². The van der Waals surface area contributed by atoms with Gasteiger partial charge in [0.2, 0.25) is 0 Å². The number of hydrogen-bond acceptors (Lipinski definition) is 7. The maximum atomic E-state index is 11.8. The number of carbonyl (C=O) groups is 1. The minimum atomic E-state index is -0.593. The van der Waals surface area contributed by atoms with Crippen molar-refractivity contribution in [3.8, 4) is 10.8 Å². The highest BCUT2D eigenvalue weighted by atomic mass is 32.1. The molecule has 10 heteroatoms. The molecular formula is C13H11N5O4S. The average Bonchev–Trinajstić information content (AvgIpc) is 3.18. The van der Waals surface area contributed by atoms with E-state index in [1.54, 1.807) is 6.07 Å². The van der Waals surface area contributed by atoms with E-state index in [0.29, 0.717) is 0 Å². The number of thiophene rings is 1. The number of aromatic amines is 1. The smallest absolute Gasteiger partial charge is 0.387 e. The normalized spacial score (nSPS) is 10.6. The number of H-pyrrole nitrogens is 1. The minimum absolute atomic E-state index is 0.0800. The van der Waals surface area contributed by atoms with Gasteiger partial charge in [-0.1, -0.05) is 6.07 Å². The Morgan fingerprint density at radius 1 is 1.35 bits per heavy atom. The maximum absolute atomic E-state index is 11.8. The summed E-state index contributed by atoms with van der Waals surface area (Å²) >= 11 is 1.41. The lowest BCUT2D eigenvalue weighted by molar-refractivity contribution is 0.0945. The van der Waals surface area contributed by atoms with Crippen LogP contribution < -0.4 is 16.6 Å². The molecule has 23 heavy (non-hydrogen) atoms. The molecule has 0 atom stereocenters. The van der Waals surface area contributed by atoms with Gasteiger partial charge in [0.05, 0.1) is 11.4 Å². The van der Waals surface area contributed by atoms with Gasteiger partial charge >= 0.3 is 5.76 Å². The Kier molecular flexibility index (Phi) is 4.15. The van der Waals surface area contributed by atoms with Crippen LogP contribution in [0.2, 0.25) is 0 Å². The fraction of sp³-hybridized carbons (Fsp3) is 0.154. The third-order valence-electron chi connectivity index (χ3n) is 2.86. The van der Waals surface area contributed by atoms with Crippen LogP contribution in [-0.2, 0) is 6.54 Å². The van der Waals surface area contributed by atoms with Gasteiger partial charge in [-0.25, -0.2) is 9.89 Å². The Balaban J connectivity index is 1.61. The molecule has 0 bridgehead atoms. The average molecular weight is 333 g/mol. The molecule has 1 amide bonds. The molecule has 0 saturated carbocycles. The Morgan fingerprint density at radius 2 is 2.22 bits per heavy atom. The number of amides is 1. The fourth-order valence-corrected chi connectivity index (χ4v) is 2.43. The zero-order valence-electron chi connectivity index (χ0n) is 11.7. The van der Waals surface area contributed by atoms with Gasteiger partial charge in [-0.15, -0.1) is 16.4 Å². The predicted molar refractivity (Wildman–Crippen MR) is 81.3 cm³/mol. The predicted octanol–water partition coefficient (Wildman–Crippen LogP) is 0.0781. The summed E-state index contributed by atoms with van der Waals surface area (Å²) in [6.45, 7) is 0.318. The quantitative estimate of drug-likeness (QED) is 0.681. The first-order valence-electron chi connectivity index (χ1n) is 6.59. The molecule has 0 aromatic carbocycles. The molecule has 3 aromatic rings. The highest BCUT2D eigenvalue weighted by molar-refractivity contribution is 7.13. The third kappa shape index (κ3) is 3.43. The maximum Gasteiger partial charge on any atom is 0.437 e. The van der Waals surface area contributed by atoms with Gasteiger partial charge in [0.25, 0.3) is 17.4 Å². The molecule has 0 aliphatic heterocycles. The van der Waals surface area contributed by atoms with Gasteiger partial charge in [-0.05, 0) is 17.5 Å². The van der Waals surface area contributed by atoms with Crippen LogP contribution in [0.1, 0.15) is 10.5 Å². The van der Waals surface area contributed by atoms with E-state index in [1.165, 1.54) is 23.5 Å². The molecule has 0 fully saturated rings. The van der Waals surface area contributed by atoms with Gasteiger partial charge < -0.3 is 9.73 Å². The summed E-state index contributed by atoms with van der Waals surface area (Å²) in [4.78, 5) is 35.1. The molecule has 0 spiro atoms. The van der Waals surface area contributed by atoms with Crippen LogP contribution in [0, 0.1) is 0 Å². The summed E-state index contributed by atoms with van der Waals surface area (Å²) in [5.74, 6) is -0.806. The molecule has 0 unspecified atom stereocenters. The Hall–Kier alpha value is -3.01. The van der Waals surface area contributed by atoms with Crippen LogP contribution in [0.3, 0.4) is 0 Å². The second kappa shape index (κ2) is 6.40. The van der Waals surface area contributed by atoms with Crippen LogP contribution in [0.15, 0.2) is 43.7 Å². The van der Waals surface area contributed by atoms with E-state index in [2.05, 4.69) is 20.6 Å². The molecular weight excluding hydrogens is 322 g/mol. The van der Waals surface area contributed by atoms with Gasteiger partial charge in [-0.3, -0.25) is 9.59 Å². The summed E-state index contributed by atoms with van der Waals surface area (Å²) in [7, 11) is 0. The van der Waals surface area contributed by atoms with Crippen LogP contribution in [0.5, 0.6) is 0 Å². The second-order valence-electron chi connectivity index (χ2n) is 4.44. The van der Waals surface area contributed by atoms with Crippen molar-refractivity contribution in [1.82, 2.24) is 25.3 Å². The van der Waals surface area contributed by atoms with E-state index in [-0.39, 0.29) is 24.7 Å². The summed E-state index contributed by atoms with van der Waals surface area (Å²) in [5.41, 5.74) is -0.312. The molecule has 3 rings (SSSR count). The van der Waals surface area contributed by atoms with Gasteiger partial charge in [0.15, 0.2) is 0 Å². The Labute approximate surface area is 132 Å². The van der Waals surface area contributed by atoms with Crippen LogP contribution in [0.4, 0.5) is 0 Å². The van der Waals surface area contributed by atoms with E-state index in [9.17, 15) is 14.4 Å².